The van der Waals surface area contributed by atoms with Crippen molar-refractivity contribution in [3.63, 3.8) is 0 Å². The predicted molar refractivity (Wildman–Crippen MR) is 77.0 cm³/mol. The molecule has 0 aromatic heterocycles. The molecule has 1 aliphatic heterocycles. The normalized spacial score (nSPS) is 20.8. The number of carbonyl (C=O) groups excluding carboxylic acids is 1. The fourth-order valence-electron chi connectivity index (χ4n) is 2.12. The van der Waals surface area contributed by atoms with E-state index in [-0.39, 0.29) is 11.3 Å². The van der Waals surface area contributed by atoms with Crippen LogP contribution in [0.3, 0.4) is 0 Å². The maximum atomic E-state index is 12.5. The lowest BCUT2D eigenvalue weighted by atomic mass is 10.2. The third-order valence-electron chi connectivity index (χ3n) is 3.08. The summed E-state index contributed by atoms with van der Waals surface area (Å²) in [4.78, 5) is 12.2. The zero-order valence-corrected chi connectivity index (χ0v) is 13.1. The van der Waals surface area contributed by atoms with E-state index in [1.807, 2.05) is 6.92 Å². The molecule has 7 heteroatoms. The summed E-state index contributed by atoms with van der Waals surface area (Å²) in [5.74, 6) is -0.465. The number of rotatable bonds is 3. The highest BCUT2D eigenvalue weighted by Gasteiger charge is 2.40. The minimum Gasteiger partial charge on any atom is -0.323 e. The number of anilines is 1. The standard InChI is InChI=1S/C12H15BrN2O3S/c1-7-5-8(13)11-10(6-7)19(17,18)9(3-4-14-2)12(16)15-11/h5-6,9,14H,3-4H2,1-2H3,(H,15,16). The van der Waals surface area contributed by atoms with Crippen molar-refractivity contribution in [1.82, 2.24) is 5.32 Å². The van der Waals surface area contributed by atoms with Gasteiger partial charge in [-0.3, -0.25) is 4.79 Å². The number of hydrogen-bond acceptors (Lipinski definition) is 4. The van der Waals surface area contributed by atoms with E-state index in [1.54, 1.807) is 19.2 Å². The number of halogens is 1. The van der Waals surface area contributed by atoms with E-state index in [4.69, 9.17) is 0 Å². The van der Waals surface area contributed by atoms with Crippen molar-refractivity contribution in [1.29, 1.82) is 0 Å². The second-order valence-corrected chi connectivity index (χ2v) is 7.49. The minimum absolute atomic E-state index is 0.195. The largest absolute Gasteiger partial charge is 0.323 e. The topological polar surface area (TPSA) is 75.3 Å². The molecular formula is C12H15BrN2O3S. The molecule has 104 valence electrons. The summed E-state index contributed by atoms with van der Waals surface area (Å²) in [6, 6.07) is 3.38. The van der Waals surface area contributed by atoms with Crippen LogP contribution in [0.5, 0.6) is 0 Å². The summed E-state index contributed by atoms with van der Waals surface area (Å²) in [5, 5.41) is 4.52. The van der Waals surface area contributed by atoms with Gasteiger partial charge in [-0.2, -0.15) is 0 Å². The van der Waals surface area contributed by atoms with Crippen molar-refractivity contribution in [3.8, 4) is 0 Å². The maximum Gasteiger partial charge on any atom is 0.243 e. The molecule has 1 aromatic carbocycles. The molecule has 2 rings (SSSR count). The van der Waals surface area contributed by atoms with Crippen LogP contribution in [0.2, 0.25) is 0 Å². The Bertz CT molecular complexity index is 628. The monoisotopic (exact) mass is 346 g/mol. The van der Waals surface area contributed by atoms with Crippen LogP contribution in [0.4, 0.5) is 5.69 Å². The quantitative estimate of drug-likeness (QED) is 0.868. The molecule has 0 aliphatic carbocycles. The molecule has 1 atom stereocenters. The number of aryl methyl sites for hydroxylation is 1. The Hall–Kier alpha value is -0.920. The van der Waals surface area contributed by atoms with E-state index < -0.39 is 21.0 Å². The van der Waals surface area contributed by atoms with Gasteiger partial charge in [0.25, 0.3) is 0 Å². The first-order valence-corrected chi connectivity index (χ1v) is 8.21. The summed E-state index contributed by atoms with van der Waals surface area (Å²) in [5.41, 5.74) is 1.18. The molecule has 1 aliphatic rings. The number of fused-ring (bicyclic) bond motifs is 1. The molecule has 0 fully saturated rings. The zero-order chi connectivity index (χ0) is 14.2. The molecule has 0 radical (unpaired) electrons. The predicted octanol–water partition coefficient (Wildman–Crippen LogP) is 1.46. The fraction of sp³-hybridized carbons (Fsp3) is 0.417. The van der Waals surface area contributed by atoms with Gasteiger partial charge in [0.1, 0.15) is 5.25 Å². The van der Waals surface area contributed by atoms with Crippen LogP contribution in [0.25, 0.3) is 0 Å². The van der Waals surface area contributed by atoms with E-state index in [1.165, 1.54) is 0 Å². The third-order valence-corrected chi connectivity index (χ3v) is 5.84. The van der Waals surface area contributed by atoms with E-state index in [9.17, 15) is 13.2 Å². The first-order chi connectivity index (χ1) is 8.87. The van der Waals surface area contributed by atoms with Gasteiger partial charge in [-0.15, -0.1) is 0 Å². The smallest absolute Gasteiger partial charge is 0.243 e. The molecule has 1 heterocycles. The molecule has 1 unspecified atom stereocenters. The summed E-state index contributed by atoms with van der Waals surface area (Å²) >= 11 is 3.29. The number of carbonyl (C=O) groups is 1. The third kappa shape index (κ3) is 2.54. The lowest BCUT2D eigenvalue weighted by Gasteiger charge is -2.26. The highest BCUT2D eigenvalue weighted by molar-refractivity contribution is 9.10. The summed E-state index contributed by atoms with van der Waals surface area (Å²) in [7, 11) is -1.91. The zero-order valence-electron chi connectivity index (χ0n) is 10.7. The molecule has 0 bridgehead atoms. The van der Waals surface area contributed by atoms with Gasteiger partial charge in [0.15, 0.2) is 9.84 Å². The van der Waals surface area contributed by atoms with Crippen LogP contribution in [-0.4, -0.2) is 33.2 Å². The van der Waals surface area contributed by atoms with E-state index in [0.29, 0.717) is 16.7 Å². The molecule has 0 saturated carbocycles. The summed E-state index contributed by atoms with van der Waals surface area (Å²) in [6.07, 6.45) is 0.260. The number of hydrogen-bond donors (Lipinski definition) is 2. The van der Waals surface area contributed by atoms with Gasteiger partial charge < -0.3 is 10.6 Å². The molecule has 1 aromatic rings. The van der Waals surface area contributed by atoms with Crippen LogP contribution in [0, 0.1) is 6.92 Å². The number of amides is 1. The van der Waals surface area contributed by atoms with Gasteiger partial charge >= 0.3 is 0 Å². The van der Waals surface area contributed by atoms with Crippen molar-refractivity contribution in [3.05, 3.63) is 22.2 Å². The minimum atomic E-state index is -3.63. The molecule has 5 nitrogen and oxygen atoms in total. The van der Waals surface area contributed by atoms with E-state index in [2.05, 4.69) is 26.6 Å². The summed E-state index contributed by atoms with van der Waals surface area (Å²) in [6.45, 7) is 2.29. The van der Waals surface area contributed by atoms with Gasteiger partial charge in [-0.1, -0.05) is 0 Å². The highest BCUT2D eigenvalue weighted by atomic mass is 79.9. The average molecular weight is 347 g/mol. The lowest BCUT2D eigenvalue weighted by Crippen LogP contribution is -2.41. The average Bonchev–Trinajstić information content (AvgIpc) is 2.31. The number of benzene rings is 1. The first kappa shape index (κ1) is 14.5. The number of nitrogens with one attached hydrogen (secondary N) is 2. The number of sulfone groups is 1. The highest BCUT2D eigenvalue weighted by Crippen LogP contribution is 2.37. The van der Waals surface area contributed by atoms with Crippen molar-refractivity contribution in [2.24, 2.45) is 0 Å². The van der Waals surface area contributed by atoms with Crippen LogP contribution in [-0.2, 0) is 14.6 Å². The Morgan fingerprint density at radius 1 is 1.42 bits per heavy atom. The van der Waals surface area contributed by atoms with Crippen molar-refractivity contribution < 1.29 is 13.2 Å². The van der Waals surface area contributed by atoms with Crippen LogP contribution >= 0.6 is 15.9 Å². The second-order valence-electron chi connectivity index (χ2n) is 4.54. The van der Waals surface area contributed by atoms with Gasteiger partial charge in [-0.25, -0.2) is 8.42 Å². The second kappa shape index (κ2) is 5.22. The fourth-order valence-corrected chi connectivity index (χ4v) is 4.79. The van der Waals surface area contributed by atoms with Crippen molar-refractivity contribution >= 4 is 37.4 Å². The molecule has 0 spiro atoms. The van der Waals surface area contributed by atoms with Crippen LogP contribution < -0.4 is 10.6 Å². The van der Waals surface area contributed by atoms with Gasteiger partial charge in [0.2, 0.25) is 5.91 Å². The Morgan fingerprint density at radius 3 is 2.74 bits per heavy atom. The Morgan fingerprint density at radius 2 is 2.11 bits per heavy atom. The molecular weight excluding hydrogens is 332 g/mol. The molecule has 2 N–H and O–H groups in total. The Labute approximate surface area is 120 Å². The first-order valence-electron chi connectivity index (χ1n) is 5.87. The Kier molecular flexibility index (Phi) is 3.98. The van der Waals surface area contributed by atoms with Crippen molar-refractivity contribution in [2.75, 3.05) is 18.9 Å². The molecule has 19 heavy (non-hydrogen) atoms. The molecule has 1 amide bonds. The Balaban J connectivity index is 2.56. The summed E-state index contributed by atoms with van der Waals surface area (Å²) < 4.78 is 25.6. The molecule has 0 saturated heterocycles. The van der Waals surface area contributed by atoms with E-state index >= 15 is 0 Å². The SMILES string of the molecule is CNCCC1C(=O)Nc2c(Br)cc(C)cc2S1(=O)=O. The van der Waals surface area contributed by atoms with E-state index in [0.717, 1.165) is 5.56 Å². The van der Waals surface area contributed by atoms with Gasteiger partial charge in [-0.05, 0) is 60.6 Å². The van der Waals surface area contributed by atoms with Crippen molar-refractivity contribution in [2.45, 2.75) is 23.5 Å². The lowest BCUT2D eigenvalue weighted by molar-refractivity contribution is -0.116. The van der Waals surface area contributed by atoms with Gasteiger partial charge in [0, 0.05) is 4.47 Å². The van der Waals surface area contributed by atoms with Crippen LogP contribution in [0.15, 0.2) is 21.5 Å². The van der Waals surface area contributed by atoms with Crippen LogP contribution in [0.1, 0.15) is 12.0 Å². The van der Waals surface area contributed by atoms with Gasteiger partial charge in [0.05, 0.1) is 10.6 Å². The maximum absolute atomic E-state index is 12.5.